The first-order valence-electron chi connectivity index (χ1n) is 8.14. The van der Waals surface area contributed by atoms with Gasteiger partial charge in [-0.25, -0.2) is 0 Å². The summed E-state index contributed by atoms with van der Waals surface area (Å²) in [6.45, 7) is 4.26. The molecule has 4 unspecified atom stereocenters. The van der Waals surface area contributed by atoms with E-state index in [0.29, 0.717) is 23.9 Å². The largest absolute Gasteiger partial charge is 0.353 e. The third-order valence-electron chi connectivity index (χ3n) is 5.35. The molecule has 3 N–H and O–H groups in total. The molecule has 0 aromatic heterocycles. The van der Waals surface area contributed by atoms with Gasteiger partial charge < -0.3 is 11.1 Å². The summed E-state index contributed by atoms with van der Waals surface area (Å²) in [4.78, 5) is 12.4. The summed E-state index contributed by atoms with van der Waals surface area (Å²) in [5.41, 5.74) is 6.03. The minimum absolute atomic E-state index is 0.121. The highest BCUT2D eigenvalue weighted by Gasteiger charge is 2.30. The summed E-state index contributed by atoms with van der Waals surface area (Å²) < 4.78 is 0. The molecule has 3 nitrogen and oxygen atoms in total. The normalized spacial score (nSPS) is 31.9. The van der Waals surface area contributed by atoms with Crippen LogP contribution in [0.5, 0.6) is 0 Å². The van der Waals surface area contributed by atoms with Crippen molar-refractivity contribution in [3.63, 3.8) is 0 Å². The van der Waals surface area contributed by atoms with Crippen molar-refractivity contribution in [2.75, 3.05) is 0 Å². The Morgan fingerprint density at radius 3 is 2.32 bits per heavy atom. The molecule has 19 heavy (non-hydrogen) atoms. The van der Waals surface area contributed by atoms with Gasteiger partial charge in [-0.2, -0.15) is 0 Å². The van der Waals surface area contributed by atoms with Crippen LogP contribution in [-0.4, -0.2) is 18.0 Å². The van der Waals surface area contributed by atoms with Gasteiger partial charge in [0, 0.05) is 18.0 Å². The second-order valence-corrected chi connectivity index (χ2v) is 6.82. The van der Waals surface area contributed by atoms with Gasteiger partial charge in [0.15, 0.2) is 0 Å². The van der Waals surface area contributed by atoms with Gasteiger partial charge in [0.25, 0.3) is 0 Å². The van der Waals surface area contributed by atoms with E-state index < -0.39 is 0 Å². The van der Waals surface area contributed by atoms with Crippen LogP contribution in [-0.2, 0) is 4.79 Å². The Labute approximate surface area is 117 Å². The minimum Gasteiger partial charge on any atom is -0.353 e. The van der Waals surface area contributed by atoms with Gasteiger partial charge in [0.2, 0.25) is 5.91 Å². The maximum Gasteiger partial charge on any atom is 0.223 e. The van der Waals surface area contributed by atoms with E-state index in [1.54, 1.807) is 0 Å². The van der Waals surface area contributed by atoms with Crippen LogP contribution in [0.4, 0.5) is 0 Å². The molecule has 0 heterocycles. The molecule has 2 aliphatic rings. The lowest BCUT2D eigenvalue weighted by molar-refractivity contribution is -0.127. The van der Waals surface area contributed by atoms with E-state index in [2.05, 4.69) is 19.2 Å². The Kier molecular flexibility index (Phi) is 5.26. The zero-order valence-electron chi connectivity index (χ0n) is 12.5. The fraction of sp³-hybridized carbons (Fsp3) is 0.938. The summed E-state index contributed by atoms with van der Waals surface area (Å²) in [6, 6.07) is 0.649. The van der Waals surface area contributed by atoms with E-state index in [4.69, 9.17) is 5.73 Å². The maximum absolute atomic E-state index is 12.4. The Morgan fingerprint density at radius 2 is 1.68 bits per heavy atom. The van der Waals surface area contributed by atoms with Gasteiger partial charge in [-0.3, -0.25) is 4.79 Å². The van der Waals surface area contributed by atoms with Crippen LogP contribution in [0.2, 0.25) is 0 Å². The summed E-state index contributed by atoms with van der Waals surface area (Å²) in [5, 5.41) is 3.25. The molecule has 110 valence electrons. The van der Waals surface area contributed by atoms with Crippen LogP contribution in [0.1, 0.15) is 65.2 Å². The molecule has 0 saturated heterocycles. The molecule has 1 amide bonds. The highest BCUT2D eigenvalue weighted by atomic mass is 16.1. The SMILES string of the molecule is CC(NC(=O)C(C)C1CCCC(N)C1)C1CCCC1. The Hall–Kier alpha value is -0.570. The lowest BCUT2D eigenvalue weighted by Crippen LogP contribution is -2.43. The number of hydrogen-bond acceptors (Lipinski definition) is 2. The minimum atomic E-state index is 0.121. The summed E-state index contributed by atoms with van der Waals surface area (Å²) in [7, 11) is 0. The van der Waals surface area contributed by atoms with E-state index in [9.17, 15) is 4.79 Å². The zero-order chi connectivity index (χ0) is 13.8. The average Bonchev–Trinajstić information content (AvgIpc) is 2.91. The van der Waals surface area contributed by atoms with Crippen LogP contribution in [0.15, 0.2) is 0 Å². The van der Waals surface area contributed by atoms with E-state index in [0.717, 1.165) is 12.8 Å². The van der Waals surface area contributed by atoms with Gasteiger partial charge in [-0.1, -0.05) is 26.2 Å². The molecule has 2 saturated carbocycles. The average molecular weight is 266 g/mol. The number of rotatable bonds is 4. The van der Waals surface area contributed by atoms with E-state index in [1.807, 2.05) is 0 Å². The van der Waals surface area contributed by atoms with Crippen molar-refractivity contribution < 1.29 is 4.79 Å². The highest BCUT2D eigenvalue weighted by Crippen LogP contribution is 2.31. The quantitative estimate of drug-likeness (QED) is 0.822. The van der Waals surface area contributed by atoms with Crippen molar-refractivity contribution in [1.82, 2.24) is 5.32 Å². The van der Waals surface area contributed by atoms with Crippen molar-refractivity contribution in [2.24, 2.45) is 23.5 Å². The number of hydrogen-bond donors (Lipinski definition) is 2. The number of carbonyl (C=O) groups is 1. The van der Waals surface area contributed by atoms with Gasteiger partial charge in [0.1, 0.15) is 0 Å². The molecule has 4 atom stereocenters. The molecule has 0 bridgehead atoms. The first-order chi connectivity index (χ1) is 9.08. The van der Waals surface area contributed by atoms with Crippen LogP contribution in [0.3, 0.4) is 0 Å². The molecule has 0 aromatic carbocycles. The zero-order valence-corrected chi connectivity index (χ0v) is 12.5. The van der Waals surface area contributed by atoms with E-state index in [-0.39, 0.29) is 11.8 Å². The number of nitrogens with two attached hydrogens (primary N) is 1. The molecule has 3 heteroatoms. The first kappa shape index (κ1) is 14.8. The highest BCUT2D eigenvalue weighted by molar-refractivity contribution is 5.78. The molecule has 0 aromatic rings. The van der Waals surface area contributed by atoms with Crippen molar-refractivity contribution in [2.45, 2.75) is 77.3 Å². The monoisotopic (exact) mass is 266 g/mol. The van der Waals surface area contributed by atoms with E-state index in [1.165, 1.54) is 38.5 Å². The van der Waals surface area contributed by atoms with Crippen LogP contribution in [0, 0.1) is 17.8 Å². The summed E-state index contributed by atoms with van der Waals surface area (Å²) in [6.07, 6.45) is 9.72. The van der Waals surface area contributed by atoms with Crippen LogP contribution >= 0.6 is 0 Å². The standard InChI is InChI=1S/C16H30N2O/c1-11(14-8-5-9-15(17)10-14)16(19)18-12(2)13-6-3-4-7-13/h11-15H,3-10,17H2,1-2H3,(H,18,19). The number of carbonyl (C=O) groups excluding carboxylic acids is 1. The van der Waals surface area contributed by atoms with Crippen LogP contribution in [0.25, 0.3) is 0 Å². The van der Waals surface area contributed by atoms with Crippen molar-refractivity contribution in [1.29, 1.82) is 0 Å². The lowest BCUT2D eigenvalue weighted by atomic mass is 9.78. The summed E-state index contributed by atoms with van der Waals surface area (Å²) in [5.74, 6) is 1.55. The van der Waals surface area contributed by atoms with Crippen molar-refractivity contribution in [3.05, 3.63) is 0 Å². The molecule has 0 radical (unpaired) electrons. The molecule has 0 spiro atoms. The second kappa shape index (κ2) is 6.74. The fourth-order valence-corrected chi connectivity index (χ4v) is 3.87. The molecule has 2 aliphatic carbocycles. The third kappa shape index (κ3) is 3.95. The molecule has 2 rings (SSSR count). The smallest absolute Gasteiger partial charge is 0.223 e. The fourth-order valence-electron chi connectivity index (χ4n) is 3.87. The number of amides is 1. The Bertz CT molecular complexity index is 299. The Morgan fingerprint density at radius 1 is 1.05 bits per heavy atom. The lowest BCUT2D eigenvalue weighted by Gasteiger charge is -2.31. The predicted octanol–water partition coefficient (Wildman–Crippen LogP) is 2.83. The molecular formula is C16H30N2O. The number of nitrogens with one attached hydrogen (secondary N) is 1. The van der Waals surface area contributed by atoms with Crippen LogP contribution < -0.4 is 11.1 Å². The van der Waals surface area contributed by atoms with Gasteiger partial charge in [-0.05, 0) is 50.9 Å². The molecule has 0 aliphatic heterocycles. The molecule has 2 fully saturated rings. The predicted molar refractivity (Wildman–Crippen MR) is 78.7 cm³/mol. The van der Waals surface area contributed by atoms with Gasteiger partial charge in [-0.15, -0.1) is 0 Å². The third-order valence-corrected chi connectivity index (χ3v) is 5.35. The Balaban J connectivity index is 1.81. The maximum atomic E-state index is 12.4. The topological polar surface area (TPSA) is 55.1 Å². The van der Waals surface area contributed by atoms with Gasteiger partial charge in [0.05, 0.1) is 0 Å². The second-order valence-electron chi connectivity index (χ2n) is 6.82. The van der Waals surface area contributed by atoms with Crippen molar-refractivity contribution >= 4 is 5.91 Å². The van der Waals surface area contributed by atoms with Gasteiger partial charge >= 0.3 is 0 Å². The van der Waals surface area contributed by atoms with Crippen molar-refractivity contribution in [3.8, 4) is 0 Å². The van der Waals surface area contributed by atoms with E-state index >= 15 is 0 Å². The summed E-state index contributed by atoms with van der Waals surface area (Å²) >= 11 is 0. The first-order valence-corrected chi connectivity index (χ1v) is 8.14. The molecular weight excluding hydrogens is 236 g/mol.